The molecule has 0 aliphatic heterocycles. The van der Waals surface area contributed by atoms with Gasteiger partial charge >= 0.3 is 0 Å². The zero-order valence-electron chi connectivity index (χ0n) is 8.50. The molecular formula is C11H13BrO2. The Balaban J connectivity index is 3.19. The fourth-order valence-corrected chi connectivity index (χ4v) is 1.54. The fourth-order valence-electron chi connectivity index (χ4n) is 1.13. The van der Waals surface area contributed by atoms with Crippen LogP contribution < -0.4 is 4.74 Å². The normalized spacial score (nSPS) is 11.1. The Morgan fingerprint density at radius 2 is 2.07 bits per heavy atom. The van der Waals surface area contributed by atoms with Crippen LogP contribution in [0.4, 0.5) is 0 Å². The third-order valence-corrected chi connectivity index (χ3v) is 2.84. The molecule has 0 spiro atoms. The van der Waals surface area contributed by atoms with E-state index in [1.54, 1.807) is 7.11 Å². The first-order chi connectivity index (χ1) is 6.51. The van der Waals surface area contributed by atoms with Gasteiger partial charge in [0.1, 0.15) is 12.0 Å². The van der Waals surface area contributed by atoms with E-state index in [0.29, 0.717) is 0 Å². The molecule has 0 atom stereocenters. The van der Waals surface area contributed by atoms with Gasteiger partial charge in [-0.25, -0.2) is 0 Å². The van der Waals surface area contributed by atoms with E-state index < -0.39 is 5.41 Å². The Kier molecular flexibility index (Phi) is 3.32. The Morgan fingerprint density at radius 1 is 1.43 bits per heavy atom. The van der Waals surface area contributed by atoms with Crippen LogP contribution in [0, 0.1) is 0 Å². The van der Waals surface area contributed by atoms with E-state index in [0.717, 1.165) is 22.1 Å². The zero-order valence-corrected chi connectivity index (χ0v) is 10.1. The summed E-state index contributed by atoms with van der Waals surface area (Å²) in [5.41, 5.74) is 0.487. The number of ether oxygens (including phenoxy) is 1. The van der Waals surface area contributed by atoms with Crippen LogP contribution >= 0.6 is 15.9 Å². The Bertz CT molecular complexity index is 345. The number of carbonyl (C=O) groups is 1. The van der Waals surface area contributed by atoms with Gasteiger partial charge in [-0.15, -0.1) is 0 Å². The van der Waals surface area contributed by atoms with Crippen LogP contribution in [0.3, 0.4) is 0 Å². The van der Waals surface area contributed by atoms with Crippen molar-refractivity contribution in [1.29, 1.82) is 0 Å². The number of hydrogen-bond acceptors (Lipinski definition) is 2. The number of carbonyl (C=O) groups excluding carboxylic acids is 1. The molecule has 0 unspecified atom stereocenters. The predicted molar refractivity (Wildman–Crippen MR) is 59.8 cm³/mol. The molecule has 0 aliphatic rings. The van der Waals surface area contributed by atoms with Gasteiger partial charge in [0.2, 0.25) is 0 Å². The molecule has 1 rings (SSSR count). The lowest BCUT2D eigenvalue weighted by molar-refractivity contribution is -0.111. The summed E-state index contributed by atoms with van der Waals surface area (Å²) in [6.45, 7) is 3.76. The average molecular weight is 257 g/mol. The molecule has 0 fully saturated rings. The van der Waals surface area contributed by atoms with Gasteiger partial charge in [0.05, 0.1) is 11.6 Å². The summed E-state index contributed by atoms with van der Waals surface area (Å²) in [6.07, 6.45) is 0.940. The number of rotatable bonds is 3. The van der Waals surface area contributed by atoms with Gasteiger partial charge in [-0.2, -0.15) is 0 Å². The quantitative estimate of drug-likeness (QED) is 0.778. The van der Waals surface area contributed by atoms with Crippen LogP contribution in [-0.4, -0.2) is 13.4 Å². The molecule has 0 bridgehead atoms. The van der Waals surface area contributed by atoms with Crippen LogP contribution in [0.5, 0.6) is 5.75 Å². The van der Waals surface area contributed by atoms with Crippen molar-refractivity contribution >= 4 is 22.2 Å². The molecule has 1 aromatic rings. The first-order valence-electron chi connectivity index (χ1n) is 4.31. The highest BCUT2D eigenvalue weighted by Gasteiger charge is 2.20. The maximum absolute atomic E-state index is 10.9. The highest BCUT2D eigenvalue weighted by molar-refractivity contribution is 9.10. The summed E-state index contributed by atoms with van der Waals surface area (Å²) in [4.78, 5) is 10.9. The van der Waals surface area contributed by atoms with E-state index >= 15 is 0 Å². The first kappa shape index (κ1) is 11.2. The van der Waals surface area contributed by atoms with Crippen LogP contribution in [0.15, 0.2) is 22.7 Å². The monoisotopic (exact) mass is 256 g/mol. The van der Waals surface area contributed by atoms with Crippen molar-refractivity contribution in [2.45, 2.75) is 19.3 Å². The maximum atomic E-state index is 10.9. The molecule has 1 aromatic carbocycles. The third kappa shape index (κ3) is 2.15. The van der Waals surface area contributed by atoms with Gasteiger partial charge in [-0.3, -0.25) is 0 Å². The molecule has 0 amide bonds. The van der Waals surface area contributed by atoms with E-state index in [-0.39, 0.29) is 0 Å². The molecule has 0 N–H and O–H groups in total. The summed E-state index contributed by atoms with van der Waals surface area (Å²) < 4.78 is 6.06. The largest absolute Gasteiger partial charge is 0.496 e. The van der Waals surface area contributed by atoms with Crippen molar-refractivity contribution in [3.8, 4) is 5.75 Å². The topological polar surface area (TPSA) is 26.3 Å². The molecule has 76 valence electrons. The summed E-state index contributed by atoms with van der Waals surface area (Å²) in [5.74, 6) is 0.748. The smallest absolute Gasteiger partial charge is 0.133 e. The molecule has 0 radical (unpaired) electrons. The van der Waals surface area contributed by atoms with E-state index in [9.17, 15) is 4.79 Å². The molecule has 0 aromatic heterocycles. The second-order valence-corrected chi connectivity index (χ2v) is 4.54. The lowest BCUT2D eigenvalue weighted by atomic mass is 9.86. The Morgan fingerprint density at radius 3 is 2.57 bits per heavy atom. The lowest BCUT2D eigenvalue weighted by Gasteiger charge is -2.18. The van der Waals surface area contributed by atoms with E-state index in [4.69, 9.17) is 4.74 Å². The fraction of sp³-hybridized carbons (Fsp3) is 0.364. The summed E-state index contributed by atoms with van der Waals surface area (Å²) >= 11 is 3.37. The Hall–Kier alpha value is -0.830. The molecule has 0 saturated carbocycles. The van der Waals surface area contributed by atoms with Crippen LogP contribution in [0.1, 0.15) is 19.4 Å². The lowest BCUT2D eigenvalue weighted by Crippen LogP contribution is -2.18. The number of aldehydes is 1. The van der Waals surface area contributed by atoms with Gasteiger partial charge in [-0.1, -0.05) is 6.07 Å². The molecule has 3 heteroatoms. The standard InChI is InChI=1S/C11H13BrO2/c1-11(2,7-13)8-4-5-9(12)10(6-8)14-3/h4-7H,1-3H3. The SMILES string of the molecule is COc1cc(C(C)(C)C=O)ccc1Br. The predicted octanol–water partition coefficient (Wildman–Crippen LogP) is 2.93. The van der Waals surface area contributed by atoms with E-state index in [2.05, 4.69) is 15.9 Å². The van der Waals surface area contributed by atoms with Crippen molar-refractivity contribution in [2.75, 3.05) is 7.11 Å². The second kappa shape index (κ2) is 4.13. The molecule has 14 heavy (non-hydrogen) atoms. The molecule has 0 saturated heterocycles. The van der Waals surface area contributed by atoms with E-state index in [1.807, 2.05) is 32.0 Å². The molecular weight excluding hydrogens is 244 g/mol. The van der Waals surface area contributed by atoms with Crippen LogP contribution in [0.2, 0.25) is 0 Å². The number of methoxy groups -OCH3 is 1. The van der Waals surface area contributed by atoms with Crippen LogP contribution in [-0.2, 0) is 10.2 Å². The van der Waals surface area contributed by atoms with Crippen LogP contribution in [0.25, 0.3) is 0 Å². The highest BCUT2D eigenvalue weighted by atomic mass is 79.9. The summed E-state index contributed by atoms with van der Waals surface area (Å²) in [5, 5.41) is 0. The minimum Gasteiger partial charge on any atom is -0.496 e. The maximum Gasteiger partial charge on any atom is 0.133 e. The number of halogens is 1. The van der Waals surface area contributed by atoms with Crippen molar-refractivity contribution in [2.24, 2.45) is 0 Å². The highest BCUT2D eigenvalue weighted by Crippen LogP contribution is 2.30. The van der Waals surface area contributed by atoms with Gasteiger partial charge in [0.15, 0.2) is 0 Å². The molecule has 0 heterocycles. The van der Waals surface area contributed by atoms with Gasteiger partial charge in [-0.05, 0) is 47.5 Å². The van der Waals surface area contributed by atoms with Gasteiger partial charge in [0.25, 0.3) is 0 Å². The first-order valence-corrected chi connectivity index (χ1v) is 5.11. The van der Waals surface area contributed by atoms with Crippen molar-refractivity contribution in [1.82, 2.24) is 0 Å². The summed E-state index contributed by atoms with van der Waals surface area (Å²) in [7, 11) is 1.61. The van der Waals surface area contributed by atoms with Gasteiger partial charge < -0.3 is 9.53 Å². The van der Waals surface area contributed by atoms with E-state index in [1.165, 1.54) is 0 Å². The Labute approximate surface area is 92.4 Å². The van der Waals surface area contributed by atoms with Crippen molar-refractivity contribution in [3.05, 3.63) is 28.2 Å². The molecule has 2 nitrogen and oxygen atoms in total. The van der Waals surface area contributed by atoms with Crippen molar-refractivity contribution in [3.63, 3.8) is 0 Å². The average Bonchev–Trinajstić information content (AvgIpc) is 2.18. The van der Waals surface area contributed by atoms with Gasteiger partial charge in [0, 0.05) is 5.41 Å². The zero-order chi connectivity index (χ0) is 10.8. The van der Waals surface area contributed by atoms with Crippen molar-refractivity contribution < 1.29 is 9.53 Å². The third-order valence-electron chi connectivity index (χ3n) is 2.19. The minimum absolute atomic E-state index is 0.464. The number of hydrogen-bond donors (Lipinski definition) is 0. The summed E-state index contributed by atoms with van der Waals surface area (Å²) in [6, 6.07) is 5.68. The second-order valence-electron chi connectivity index (χ2n) is 3.69. The number of benzene rings is 1. The molecule has 0 aliphatic carbocycles. The minimum atomic E-state index is -0.464.